The van der Waals surface area contributed by atoms with E-state index >= 15 is 0 Å². The molecule has 0 aliphatic carbocycles. The molecule has 2 aromatic carbocycles. The first kappa shape index (κ1) is 18.3. The van der Waals surface area contributed by atoms with Gasteiger partial charge in [0, 0.05) is 47.0 Å². The summed E-state index contributed by atoms with van der Waals surface area (Å²) in [5.74, 6) is 0. The van der Waals surface area contributed by atoms with Gasteiger partial charge in [0.2, 0.25) is 0 Å². The fourth-order valence-corrected chi connectivity index (χ4v) is 5.32. The molecule has 2 N–H and O–H groups in total. The monoisotopic (exact) mass is 387 g/mol. The normalized spacial score (nSPS) is 21.1. The van der Waals surface area contributed by atoms with Gasteiger partial charge in [-0.15, -0.1) is 0 Å². The van der Waals surface area contributed by atoms with Crippen LogP contribution in [0.25, 0.3) is 0 Å². The van der Waals surface area contributed by atoms with Gasteiger partial charge in [-0.3, -0.25) is 4.90 Å². The minimum absolute atomic E-state index is 0.400. The van der Waals surface area contributed by atoms with Crippen molar-refractivity contribution in [2.24, 2.45) is 5.73 Å². The molecule has 5 heteroatoms. The first-order valence-corrected chi connectivity index (χ1v) is 10.7. The molecule has 2 heterocycles. The van der Waals surface area contributed by atoms with Crippen molar-refractivity contribution < 1.29 is 0 Å². The van der Waals surface area contributed by atoms with Gasteiger partial charge >= 0.3 is 0 Å². The van der Waals surface area contributed by atoms with Crippen LogP contribution in [-0.2, 0) is 6.42 Å². The second-order valence-corrected chi connectivity index (χ2v) is 8.65. The highest BCUT2D eigenvalue weighted by Crippen LogP contribution is 2.43. The average molecular weight is 388 g/mol. The number of piperazine rings is 1. The van der Waals surface area contributed by atoms with Gasteiger partial charge in [0.1, 0.15) is 0 Å². The second kappa shape index (κ2) is 8.32. The van der Waals surface area contributed by atoms with Gasteiger partial charge in [0.05, 0.1) is 0 Å². The average Bonchev–Trinajstić information content (AvgIpc) is 2.83. The molecule has 3 nitrogen and oxygen atoms in total. The summed E-state index contributed by atoms with van der Waals surface area (Å²) < 4.78 is 0. The molecule has 0 amide bonds. The molecule has 0 spiro atoms. The maximum atomic E-state index is 6.38. The molecule has 0 aromatic heterocycles. The molecule has 1 fully saturated rings. The molecule has 4 rings (SSSR count). The van der Waals surface area contributed by atoms with Crippen molar-refractivity contribution in [3.05, 3.63) is 58.6 Å². The Balaban J connectivity index is 1.60. The van der Waals surface area contributed by atoms with Gasteiger partial charge in [-0.1, -0.05) is 41.6 Å². The van der Waals surface area contributed by atoms with Crippen LogP contribution in [0.4, 0.5) is 0 Å². The minimum Gasteiger partial charge on any atom is -0.330 e. The zero-order chi connectivity index (χ0) is 17.9. The van der Waals surface area contributed by atoms with E-state index in [9.17, 15) is 0 Å². The molecule has 2 aromatic rings. The van der Waals surface area contributed by atoms with E-state index in [1.807, 2.05) is 17.8 Å². The molecular weight excluding hydrogens is 362 g/mol. The van der Waals surface area contributed by atoms with Crippen LogP contribution in [0.2, 0.25) is 5.02 Å². The standard InChI is InChI=1S/C21H26ClN3S/c22-17-6-7-21-18(15-17)19(14-16-4-1-2-5-20(16)26-21)25-12-10-24(11-13-25)9-3-8-23/h1-2,4-7,15,19H,3,8-14,23H2. The van der Waals surface area contributed by atoms with E-state index in [4.69, 9.17) is 17.3 Å². The number of rotatable bonds is 4. The zero-order valence-electron chi connectivity index (χ0n) is 15.0. The topological polar surface area (TPSA) is 32.5 Å². The largest absolute Gasteiger partial charge is 0.330 e. The second-order valence-electron chi connectivity index (χ2n) is 7.13. The van der Waals surface area contributed by atoms with E-state index in [0.717, 1.165) is 57.1 Å². The Morgan fingerprint density at radius 2 is 1.85 bits per heavy atom. The molecule has 138 valence electrons. The van der Waals surface area contributed by atoms with E-state index in [1.165, 1.54) is 20.9 Å². The van der Waals surface area contributed by atoms with Gasteiger partial charge in [-0.05, 0) is 61.3 Å². The van der Waals surface area contributed by atoms with Crippen LogP contribution in [0.5, 0.6) is 0 Å². The summed E-state index contributed by atoms with van der Waals surface area (Å²) in [4.78, 5) is 7.91. The van der Waals surface area contributed by atoms with E-state index in [-0.39, 0.29) is 0 Å². The Bertz CT molecular complexity index is 759. The van der Waals surface area contributed by atoms with E-state index in [1.54, 1.807) is 0 Å². The van der Waals surface area contributed by atoms with Gasteiger partial charge < -0.3 is 10.6 Å². The lowest BCUT2D eigenvalue weighted by atomic mass is 9.96. The Kier molecular flexibility index (Phi) is 5.87. The van der Waals surface area contributed by atoms with Gasteiger partial charge in [0.15, 0.2) is 0 Å². The van der Waals surface area contributed by atoms with Gasteiger partial charge in [-0.25, -0.2) is 0 Å². The highest BCUT2D eigenvalue weighted by atomic mass is 35.5. The van der Waals surface area contributed by atoms with Crippen molar-refractivity contribution in [3.63, 3.8) is 0 Å². The summed E-state index contributed by atoms with van der Waals surface area (Å²) in [5, 5.41) is 0.835. The number of fused-ring (bicyclic) bond motifs is 2. The first-order chi connectivity index (χ1) is 12.7. The number of nitrogens with zero attached hydrogens (tertiary/aromatic N) is 2. The Hall–Kier alpha value is -1.04. The highest BCUT2D eigenvalue weighted by Gasteiger charge is 2.29. The molecule has 1 saturated heterocycles. The van der Waals surface area contributed by atoms with Crippen LogP contribution < -0.4 is 5.73 Å². The number of hydrogen-bond acceptors (Lipinski definition) is 4. The SMILES string of the molecule is NCCCN1CCN(C2Cc3ccccc3Sc3ccc(Cl)cc32)CC1. The Morgan fingerprint density at radius 3 is 2.65 bits per heavy atom. The van der Waals surface area contributed by atoms with Crippen LogP contribution in [0.1, 0.15) is 23.6 Å². The third-order valence-electron chi connectivity index (χ3n) is 5.46. The van der Waals surface area contributed by atoms with Crippen LogP contribution in [0, 0.1) is 0 Å². The van der Waals surface area contributed by atoms with Crippen molar-refractivity contribution in [2.45, 2.75) is 28.7 Å². The number of nitrogens with two attached hydrogens (primary N) is 1. The van der Waals surface area contributed by atoms with Crippen molar-refractivity contribution in [1.82, 2.24) is 9.80 Å². The quantitative estimate of drug-likeness (QED) is 0.857. The van der Waals surface area contributed by atoms with Gasteiger partial charge in [-0.2, -0.15) is 0 Å². The minimum atomic E-state index is 0.400. The first-order valence-electron chi connectivity index (χ1n) is 9.46. The maximum Gasteiger partial charge on any atom is 0.0410 e. The Morgan fingerprint density at radius 1 is 1.04 bits per heavy atom. The van der Waals surface area contributed by atoms with Crippen molar-refractivity contribution in [1.29, 1.82) is 0 Å². The lowest BCUT2D eigenvalue weighted by molar-refractivity contribution is 0.0941. The molecule has 2 aliphatic heterocycles. The van der Waals surface area contributed by atoms with E-state index in [2.05, 4.69) is 46.2 Å². The summed E-state index contributed by atoms with van der Waals surface area (Å²) >= 11 is 8.26. The van der Waals surface area contributed by atoms with E-state index < -0.39 is 0 Å². The molecule has 1 atom stereocenters. The Labute approximate surface area is 165 Å². The molecule has 0 saturated carbocycles. The predicted molar refractivity (Wildman–Crippen MR) is 110 cm³/mol. The summed E-state index contributed by atoms with van der Waals surface area (Å²) in [6.45, 7) is 6.36. The summed E-state index contributed by atoms with van der Waals surface area (Å²) in [6, 6.07) is 15.6. The third kappa shape index (κ3) is 3.95. The number of hydrogen-bond donors (Lipinski definition) is 1. The molecule has 26 heavy (non-hydrogen) atoms. The summed E-state index contributed by atoms with van der Waals surface area (Å²) in [5.41, 5.74) is 8.50. The number of halogens is 1. The molecule has 1 unspecified atom stereocenters. The van der Waals surface area contributed by atoms with Crippen molar-refractivity contribution in [2.75, 3.05) is 39.3 Å². The van der Waals surface area contributed by atoms with Crippen LogP contribution in [-0.4, -0.2) is 49.1 Å². The van der Waals surface area contributed by atoms with Crippen LogP contribution >= 0.6 is 23.4 Å². The van der Waals surface area contributed by atoms with Crippen molar-refractivity contribution >= 4 is 23.4 Å². The fourth-order valence-electron chi connectivity index (χ4n) is 4.02. The molecule has 0 bridgehead atoms. The lowest BCUT2D eigenvalue weighted by Gasteiger charge is -2.39. The van der Waals surface area contributed by atoms with Gasteiger partial charge in [0.25, 0.3) is 0 Å². The zero-order valence-corrected chi connectivity index (χ0v) is 16.6. The smallest absolute Gasteiger partial charge is 0.0410 e. The lowest BCUT2D eigenvalue weighted by Crippen LogP contribution is -2.48. The van der Waals surface area contributed by atoms with Crippen LogP contribution in [0.3, 0.4) is 0 Å². The predicted octanol–water partition coefficient (Wildman–Crippen LogP) is 4.05. The fraction of sp³-hybridized carbons (Fsp3) is 0.429. The third-order valence-corrected chi connectivity index (χ3v) is 6.91. The summed E-state index contributed by atoms with van der Waals surface area (Å²) in [6.07, 6.45) is 2.14. The molecule has 0 radical (unpaired) electrons. The van der Waals surface area contributed by atoms with E-state index in [0.29, 0.717) is 6.04 Å². The summed E-state index contributed by atoms with van der Waals surface area (Å²) in [7, 11) is 0. The highest BCUT2D eigenvalue weighted by molar-refractivity contribution is 7.99. The van der Waals surface area contributed by atoms with Crippen LogP contribution in [0.15, 0.2) is 52.3 Å². The molecular formula is C21H26ClN3S. The van der Waals surface area contributed by atoms with Crippen molar-refractivity contribution in [3.8, 4) is 0 Å². The molecule has 2 aliphatic rings. The maximum absolute atomic E-state index is 6.38. The number of benzene rings is 2.